The zero-order valence-corrected chi connectivity index (χ0v) is 11.8. The molecule has 0 spiro atoms. The molecule has 0 atom stereocenters. The van der Waals surface area contributed by atoms with Gasteiger partial charge < -0.3 is 15.3 Å². The Morgan fingerprint density at radius 2 is 1.67 bits per heavy atom. The van der Waals surface area contributed by atoms with E-state index in [1.807, 2.05) is 19.1 Å². The first-order valence-electron chi connectivity index (χ1n) is 6.42. The Morgan fingerprint density at radius 1 is 1.05 bits per heavy atom. The van der Waals surface area contributed by atoms with Gasteiger partial charge >= 0.3 is 11.8 Å². The van der Waals surface area contributed by atoms with Crippen molar-refractivity contribution in [2.45, 2.75) is 6.92 Å². The lowest BCUT2D eigenvalue weighted by Crippen LogP contribution is -2.37. The molecule has 0 saturated carbocycles. The number of aromatic hydroxyl groups is 1. The van der Waals surface area contributed by atoms with Crippen molar-refractivity contribution < 1.29 is 14.7 Å². The number of benzene rings is 2. The van der Waals surface area contributed by atoms with Crippen molar-refractivity contribution in [1.29, 1.82) is 0 Å². The Kier molecular flexibility index (Phi) is 4.23. The highest BCUT2D eigenvalue weighted by atomic mass is 16.3. The van der Waals surface area contributed by atoms with Crippen LogP contribution in [0.1, 0.15) is 5.56 Å². The molecule has 21 heavy (non-hydrogen) atoms. The van der Waals surface area contributed by atoms with Crippen LogP contribution in [0.5, 0.6) is 5.75 Å². The summed E-state index contributed by atoms with van der Waals surface area (Å²) in [6.45, 7) is 1.85. The van der Waals surface area contributed by atoms with Crippen LogP contribution < -0.4 is 10.2 Å². The summed E-state index contributed by atoms with van der Waals surface area (Å²) >= 11 is 0. The summed E-state index contributed by atoms with van der Waals surface area (Å²) < 4.78 is 0. The highest BCUT2D eigenvalue weighted by molar-refractivity contribution is 6.44. The van der Waals surface area contributed by atoms with Crippen molar-refractivity contribution in [3.8, 4) is 5.75 Å². The van der Waals surface area contributed by atoms with Crippen LogP contribution in [0.4, 0.5) is 11.4 Å². The maximum absolute atomic E-state index is 12.1. The van der Waals surface area contributed by atoms with Gasteiger partial charge in [-0.1, -0.05) is 18.2 Å². The Labute approximate surface area is 122 Å². The third kappa shape index (κ3) is 3.39. The van der Waals surface area contributed by atoms with E-state index in [4.69, 9.17) is 0 Å². The van der Waals surface area contributed by atoms with Crippen molar-refractivity contribution in [2.75, 3.05) is 17.3 Å². The van der Waals surface area contributed by atoms with Gasteiger partial charge in [0, 0.05) is 18.4 Å². The van der Waals surface area contributed by atoms with Gasteiger partial charge in [-0.3, -0.25) is 9.59 Å². The summed E-state index contributed by atoms with van der Waals surface area (Å²) in [6.07, 6.45) is 0. The third-order valence-electron chi connectivity index (χ3n) is 3.13. The molecule has 0 radical (unpaired) electrons. The van der Waals surface area contributed by atoms with Crippen LogP contribution in [0.15, 0.2) is 48.5 Å². The summed E-state index contributed by atoms with van der Waals surface area (Å²) in [6, 6.07) is 13.3. The number of nitrogens with zero attached hydrogens (tertiary/aromatic N) is 1. The zero-order chi connectivity index (χ0) is 15.4. The van der Waals surface area contributed by atoms with Crippen LogP contribution in [-0.2, 0) is 9.59 Å². The molecule has 2 aromatic carbocycles. The van der Waals surface area contributed by atoms with Gasteiger partial charge in [0.25, 0.3) is 0 Å². The number of hydrogen-bond acceptors (Lipinski definition) is 3. The van der Waals surface area contributed by atoms with E-state index in [0.29, 0.717) is 11.4 Å². The minimum atomic E-state index is -0.708. The van der Waals surface area contributed by atoms with E-state index < -0.39 is 11.8 Å². The van der Waals surface area contributed by atoms with Gasteiger partial charge in [-0.05, 0) is 42.8 Å². The minimum Gasteiger partial charge on any atom is -0.508 e. The molecule has 0 aliphatic heterocycles. The molecule has 0 saturated heterocycles. The van der Waals surface area contributed by atoms with E-state index >= 15 is 0 Å². The summed E-state index contributed by atoms with van der Waals surface area (Å²) in [5.74, 6) is -1.28. The van der Waals surface area contributed by atoms with Crippen LogP contribution in [-0.4, -0.2) is 24.0 Å². The largest absolute Gasteiger partial charge is 0.508 e. The zero-order valence-electron chi connectivity index (χ0n) is 11.8. The van der Waals surface area contributed by atoms with Gasteiger partial charge in [0.2, 0.25) is 0 Å². The number of phenols is 1. The molecule has 2 amide bonds. The van der Waals surface area contributed by atoms with Crippen molar-refractivity contribution in [1.82, 2.24) is 0 Å². The molecule has 0 bridgehead atoms. The van der Waals surface area contributed by atoms with Crippen LogP contribution in [0, 0.1) is 6.92 Å². The number of likely N-dealkylation sites (N-methyl/N-ethyl adjacent to an activating group) is 1. The van der Waals surface area contributed by atoms with Crippen LogP contribution in [0.3, 0.4) is 0 Å². The van der Waals surface area contributed by atoms with Gasteiger partial charge in [-0.25, -0.2) is 0 Å². The van der Waals surface area contributed by atoms with Gasteiger partial charge in [0.05, 0.1) is 0 Å². The standard InChI is InChI=1S/C16H16N2O3/c1-11-5-3-4-6-14(11)17-15(20)16(21)18(2)12-7-9-13(19)10-8-12/h3-10,19H,1-2H3,(H,17,20). The third-order valence-corrected chi connectivity index (χ3v) is 3.13. The summed E-state index contributed by atoms with van der Waals surface area (Å²) in [5.41, 5.74) is 2.01. The monoisotopic (exact) mass is 284 g/mol. The number of carbonyl (C=O) groups is 2. The first-order chi connectivity index (χ1) is 9.99. The van der Waals surface area contributed by atoms with Crippen LogP contribution >= 0.6 is 0 Å². The van der Waals surface area contributed by atoms with E-state index in [0.717, 1.165) is 5.56 Å². The van der Waals surface area contributed by atoms with E-state index in [9.17, 15) is 14.7 Å². The van der Waals surface area contributed by atoms with E-state index in [1.54, 1.807) is 24.3 Å². The van der Waals surface area contributed by atoms with Crippen molar-refractivity contribution in [3.63, 3.8) is 0 Å². The lowest BCUT2D eigenvalue weighted by molar-refractivity contribution is -0.134. The number of nitrogens with one attached hydrogen (secondary N) is 1. The fraction of sp³-hybridized carbons (Fsp3) is 0.125. The normalized spacial score (nSPS) is 10.0. The quantitative estimate of drug-likeness (QED) is 0.831. The average Bonchev–Trinajstić information content (AvgIpc) is 2.49. The molecular formula is C16H16N2O3. The average molecular weight is 284 g/mol. The topological polar surface area (TPSA) is 69.6 Å². The molecule has 2 aromatic rings. The predicted octanol–water partition coefficient (Wildman–Crippen LogP) is 2.30. The van der Waals surface area contributed by atoms with E-state index in [2.05, 4.69) is 5.32 Å². The first kappa shape index (κ1) is 14.6. The smallest absolute Gasteiger partial charge is 0.316 e. The molecule has 0 aliphatic rings. The molecule has 5 heteroatoms. The minimum absolute atomic E-state index is 0.101. The summed E-state index contributed by atoms with van der Waals surface area (Å²) in [4.78, 5) is 25.3. The maximum atomic E-state index is 12.1. The maximum Gasteiger partial charge on any atom is 0.316 e. The molecule has 108 valence electrons. The molecule has 2 rings (SSSR count). The highest BCUT2D eigenvalue weighted by Gasteiger charge is 2.20. The fourth-order valence-corrected chi connectivity index (χ4v) is 1.83. The number of carbonyl (C=O) groups excluding carboxylic acids is 2. The summed E-state index contributed by atoms with van der Waals surface area (Å²) in [7, 11) is 1.51. The van der Waals surface area contributed by atoms with Crippen molar-refractivity contribution in [3.05, 3.63) is 54.1 Å². The number of hydrogen-bond donors (Lipinski definition) is 2. The lowest BCUT2D eigenvalue weighted by Gasteiger charge is -2.17. The van der Waals surface area contributed by atoms with Crippen molar-refractivity contribution >= 4 is 23.2 Å². The molecule has 0 heterocycles. The summed E-state index contributed by atoms with van der Waals surface area (Å²) in [5, 5.41) is 11.8. The second kappa shape index (κ2) is 6.09. The molecule has 0 unspecified atom stereocenters. The Hall–Kier alpha value is -2.82. The van der Waals surface area contributed by atoms with E-state index in [-0.39, 0.29) is 5.75 Å². The lowest BCUT2D eigenvalue weighted by atomic mass is 10.2. The molecular weight excluding hydrogens is 268 g/mol. The number of phenolic OH excluding ortho intramolecular Hbond substituents is 1. The van der Waals surface area contributed by atoms with Gasteiger partial charge in [0.1, 0.15) is 5.75 Å². The molecule has 0 aromatic heterocycles. The number of anilines is 2. The molecule has 5 nitrogen and oxygen atoms in total. The number of para-hydroxylation sites is 1. The van der Waals surface area contributed by atoms with Gasteiger partial charge in [0.15, 0.2) is 0 Å². The number of aryl methyl sites for hydroxylation is 1. The number of amides is 2. The van der Waals surface area contributed by atoms with Crippen LogP contribution in [0.2, 0.25) is 0 Å². The second-order valence-electron chi connectivity index (χ2n) is 4.65. The first-order valence-corrected chi connectivity index (χ1v) is 6.42. The molecule has 0 aliphatic carbocycles. The van der Waals surface area contributed by atoms with Crippen molar-refractivity contribution in [2.24, 2.45) is 0 Å². The SMILES string of the molecule is Cc1ccccc1NC(=O)C(=O)N(C)c1ccc(O)cc1. The predicted molar refractivity (Wildman–Crippen MR) is 81.3 cm³/mol. The molecule has 2 N–H and O–H groups in total. The molecule has 0 fully saturated rings. The van der Waals surface area contributed by atoms with Gasteiger partial charge in [-0.2, -0.15) is 0 Å². The highest BCUT2D eigenvalue weighted by Crippen LogP contribution is 2.18. The second-order valence-corrected chi connectivity index (χ2v) is 4.65. The van der Waals surface area contributed by atoms with Crippen LogP contribution in [0.25, 0.3) is 0 Å². The van der Waals surface area contributed by atoms with E-state index in [1.165, 1.54) is 24.1 Å². The Morgan fingerprint density at radius 3 is 2.29 bits per heavy atom. The van der Waals surface area contributed by atoms with Gasteiger partial charge in [-0.15, -0.1) is 0 Å². The Balaban J connectivity index is 2.10. The fourth-order valence-electron chi connectivity index (χ4n) is 1.83. The Bertz CT molecular complexity index is 665. The number of rotatable bonds is 2.